The molecule has 0 aliphatic rings. The summed E-state index contributed by atoms with van der Waals surface area (Å²) < 4.78 is 23.6. The lowest BCUT2D eigenvalue weighted by molar-refractivity contribution is 0.0587. The van der Waals surface area contributed by atoms with E-state index in [1.54, 1.807) is 0 Å². The number of carbonyl (C=O) groups excluding carboxylic acids is 1. The highest BCUT2D eigenvalue weighted by atomic mass is 19.1. The summed E-state index contributed by atoms with van der Waals surface area (Å²) in [4.78, 5) is 15.2. The van der Waals surface area contributed by atoms with E-state index in [-0.39, 0.29) is 18.1 Å². The number of hydrogen-bond acceptors (Lipinski definition) is 4. The largest absolute Gasteiger partial charge is 0.483 e. The Balaban J connectivity index is 2.22. The molecule has 0 N–H and O–H groups in total. The number of halogens is 1. The second kappa shape index (κ2) is 5.95. The Morgan fingerprint density at radius 1 is 1.26 bits per heavy atom. The van der Waals surface area contributed by atoms with Crippen molar-refractivity contribution >= 4 is 5.97 Å². The van der Waals surface area contributed by atoms with E-state index in [1.165, 1.54) is 13.3 Å². The average molecular weight is 261 g/mol. The molecule has 2 aromatic rings. The van der Waals surface area contributed by atoms with Crippen molar-refractivity contribution in [3.8, 4) is 5.75 Å². The normalized spacial score (nSPS) is 10.0. The van der Waals surface area contributed by atoms with Crippen LogP contribution < -0.4 is 4.74 Å². The third-order valence-electron chi connectivity index (χ3n) is 2.46. The van der Waals surface area contributed by atoms with Crippen LogP contribution in [0.3, 0.4) is 0 Å². The highest BCUT2D eigenvalue weighted by molar-refractivity contribution is 5.90. The van der Waals surface area contributed by atoms with E-state index in [4.69, 9.17) is 4.74 Å². The Morgan fingerprint density at radius 2 is 2.00 bits per heavy atom. The van der Waals surface area contributed by atoms with Crippen LogP contribution in [-0.4, -0.2) is 18.1 Å². The van der Waals surface area contributed by atoms with Gasteiger partial charge in [0.05, 0.1) is 7.11 Å². The van der Waals surface area contributed by atoms with Crippen LogP contribution in [0.1, 0.15) is 16.1 Å². The van der Waals surface area contributed by atoms with Gasteiger partial charge in [0.1, 0.15) is 6.61 Å². The number of carbonyl (C=O) groups is 1. The highest BCUT2D eigenvalue weighted by Gasteiger charge is 2.19. The Kier molecular flexibility index (Phi) is 4.07. The summed E-state index contributed by atoms with van der Waals surface area (Å²) in [5.41, 5.74) is 0.694. The van der Waals surface area contributed by atoms with E-state index < -0.39 is 11.8 Å². The second-order valence-electron chi connectivity index (χ2n) is 3.74. The monoisotopic (exact) mass is 261 g/mol. The molecule has 1 aromatic carbocycles. The van der Waals surface area contributed by atoms with Gasteiger partial charge in [-0.05, 0) is 11.6 Å². The molecule has 5 heteroatoms. The Bertz CT molecular complexity index is 572. The van der Waals surface area contributed by atoms with Crippen molar-refractivity contribution in [2.45, 2.75) is 6.61 Å². The van der Waals surface area contributed by atoms with Gasteiger partial charge in [-0.3, -0.25) is 0 Å². The number of nitrogens with zero attached hydrogens (tertiary/aromatic N) is 1. The van der Waals surface area contributed by atoms with Crippen LogP contribution in [0.25, 0.3) is 0 Å². The summed E-state index contributed by atoms with van der Waals surface area (Å²) in [5, 5.41) is 0. The van der Waals surface area contributed by atoms with Gasteiger partial charge in [0.25, 0.3) is 0 Å². The Labute approximate surface area is 109 Å². The molecule has 0 aliphatic heterocycles. The third kappa shape index (κ3) is 3.07. The number of aromatic nitrogens is 1. The molecule has 0 spiro atoms. The molecule has 0 saturated carbocycles. The summed E-state index contributed by atoms with van der Waals surface area (Å²) in [6, 6.07) is 10.4. The predicted molar refractivity (Wildman–Crippen MR) is 66.3 cm³/mol. The fourth-order valence-corrected chi connectivity index (χ4v) is 1.53. The zero-order valence-electron chi connectivity index (χ0n) is 10.3. The molecule has 0 bridgehead atoms. The minimum Gasteiger partial charge on any atom is -0.483 e. The molecule has 98 valence electrons. The van der Waals surface area contributed by atoms with E-state index >= 15 is 0 Å². The molecule has 1 aromatic heterocycles. The lowest BCUT2D eigenvalue weighted by atomic mass is 10.2. The van der Waals surface area contributed by atoms with Gasteiger partial charge in [-0.2, -0.15) is 0 Å². The van der Waals surface area contributed by atoms with Crippen molar-refractivity contribution in [2.24, 2.45) is 0 Å². The summed E-state index contributed by atoms with van der Waals surface area (Å²) in [5.74, 6) is -1.58. The van der Waals surface area contributed by atoms with Crippen molar-refractivity contribution in [1.29, 1.82) is 0 Å². The van der Waals surface area contributed by atoms with Crippen LogP contribution in [0.5, 0.6) is 5.75 Å². The maximum Gasteiger partial charge on any atom is 0.360 e. The lowest BCUT2D eigenvalue weighted by Crippen LogP contribution is -2.09. The van der Waals surface area contributed by atoms with E-state index in [1.807, 2.05) is 30.3 Å². The van der Waals surface area contributed by atoms with E-state index in [2.05, 4.69) is 9.72 Å². The van der Waals surface area contributed by atoms with Gasteiger partial charge in [-0.15, -0.1) is 0 Å². The molecular formula is C14H12FNO3. The zero-order chi connectivity index (χ0) is 13.7. The first kappa shape index (κ1) is 13.0. The van der Waals surface area contributed by atoms with Crippen molar-refractivity contribution in [3.63, 3.8) is 0 Å². The van der Waals surface area contributed by atoms with Crippen LogP contribution in [0.2, 0.25) is 0 Å². The summed E-state index contributed by atoms with van der Waals surface area (Å²) in [6.45, 7) is 0.146. The summed E-state index contributed by atoms with van der Waals surface area (Å²) >= 11 is 0. The smallest absolute Gasteiger partial charge is 0.360 e. The summed E-state index contributed by atoms with van der Waals surface area (Å²) in [7, 11) is 1.20. The molecule has 2 rings (SSSR count). The van der Waals surface area contributed by atoms with Crippen molar-refractivity contribution in [3.05, 3.63) is 59.7 Å². The highest BCUT2D eigenvalue weighted by Crippen LogP contribution is 2.22. The van der Waals surface area contributed by atoms with Gasteiger partial charge < -0.3 is 9.47 Å². The molecule has 0 saturated heterocycles. The molecule has 0 fully saturated rings. The van der Waals surface area contributed by atoms with Crippen LogP contribution >= 0.6 is 0 Å². The Hall–Kier alpha value is -2.43. The SMILES string of the molecule is COC(=O)c1nccc(F)c1OCc1ccccc1. The number of pyridine rings is 1. The van der Waals surface area contributed by atoms with Crippen LogP contribution in [-0.2, 0) is 11.3 Å². The van der Waals surface area contributed by atoms with Crippen molar-refractivity contribution in [1.82, 2.24) is 4.98 Å². The lowest BCUT2D eigenvalue weighted by Gasteiger charge is -2.10. The van der Waals surface area contributed by atoms with Crippen LogP contribution in [0.15, 0.2) is 42.6 Å². The maximum atomic E-state index is 13.7. The molecule has 0 radical (unpaired) electrons. The molecule has 0 unspecified atom stereocenters. The number of methoxy groups -OCH3 is 1. The van der Waals surface area contributed by atoms with Crippen molar-refractivity contribution < 1.29 is 18.7 Å². The molecule has 19 heavy (non-hydrogen) atoms. The number of benzene rings is 1. The predicted octanol–water partition coefficient (Wildman–Crippen LogP) is 2.59. The van der Waals surface area contributed by atoms with E-state index in [0.717, 1.165) is 11.6 Å². The van der Waals surface area contributed by atoms with Gasteiger partial charge in [-0.1, -0.05) is 30.3 Å². The van der Waals surface area contributed by atoms with E-state index in [0.29, 0.717) is 0 Å². The fourth-order valence-electron chi connectivity index (χ4n) is 1.53. The first-order valence-corrected chi connectivity index (χ1v) is 5.62. The molecule has 0 aliphatic carbocycles. The maximum absolute atomic E-state index is 13.7. The van der Waals surface area contributed by atoms with Crippen LogP contribution in [0, 0.1) is 5.82 Å². The average Bonchev–Trinajstić information content (AvgIpc) is 2.46. The molecule has 4 nitrogen and oxygen atoms in total. The second-order valence-corrected chi connectivity index (χ2v) is 3.74. The van der Waals surface area contributed by atoms with Gasteiger partial charge in [-0.25, -0.2) is 14.2 Å². The number of ether oxygens (including phenoxy) is 2. The van der Waals surface area contributed by atoms with Gasteiger partial charge in [0, 0.05) is 6.20 Å². The zero-order valence-corrected chi connectivity index (χ0v) is 10.3. The fraction of sp³-hybridized carbons (Fsp3) is 0.143. The quantitative estimate of drug-likeness (QED) is 0.794. The first-order chi connectivity index (χ1) is 9.22. The van der Waals surface area contributed by atoms with E-state index in [9.17, 15) is 9.18 Å². The summed E-state index contributed by atoms with van der Waals surface area (Å²) in [6.07, 6.45) is 1.19. The first-order valence-electron chi connectivity index (χ1n) is 5.62. The van der Waals surface area contributed by atoms with Gasteiger partial charge in [0.2, 0.25) is 0 Å². The van der Waals surface area contributed by atoms with Gasteiger partial charge in [0.15, 0.2) is 17.3 Å². The minimum absolute atomic E-state index is 0.146. The van der Waals surface area contributed by atoms with Crippen LogP contribution in [0.4, 0.5) is 4.39 Å². The standard InChI is InChI=1S/C14H12FNO3/c1-18-14(17)12-13(11(15)7-8-16-12)19-9-10-5-3-2-4-6-10/h2-8H,9H2,1H3. The number of esters is 1. The molecule has 1 heterocycles. The third-order valence-corrected chi connectivity index (χ3v) is 2.46. The Morgan fingerprint density at radius 3 is 2.68 bits per heavy atom. The number of rotatable bonds is 4. The van der Waals surface area contributed by atoms with Gasteiger partial charge >= 0.3 is 5.97 Å². The molecular weight excluding hydrogens is 249 g/mol. The molecule has 0 amide bonds. The number of hydrogen-bond donors (Lipinski definition) is 0. The molecule has 0 atom stereocenters. The van der Waals surface area contributed by atoms with Crippen molar-refractivity contribution in [2.75, 3.05) is 7.11 Å². The minimum atomic E-state index is -0.734. The topological polar surface area (TPSA) is 48.4 Å².